The Morgan fingerprint density at radius 3 is 2.95 bits per heavy atom. The van der Waals surface area contributed by atoms with Crippen molar-refractivity contribution in [3.63, 3.8) is 0 Å². The van der Waals surface area contributed by atoms with Gasteiger partial charge >= 0.3 is 0 Å². The van der Waals surface area contributed by atoms with Crippen LogP contribution in [0.15, 0.2) is 35.5 Å². The van der Waals surface area contributed by atoms with Crippen molar-refractivity contribution >= 4 is 22.3 Å². The van der Waals surface area contributed by atoms with E-state index in [-0.39, 0.29) is 11.1 Å². The van der Waals surface area contributed by atoms with Crippen LogP contribution in [0.2, 0.25) is 0 Å². The van der Waals surface area contributed by atoms with E-state index in [0.717, 1.165) is 5.69 Å². The number of nitro benzene ring substituents is 1. The zero-order valence-electron chi connectivity index (χ0n) is 10.7. The molecule has 0 aliphatic carbocycles. The maximum absolute atomic E-state index is 11.7. The van der Waals surface area contributed by atoms with E-state index in [2.05, 4.69) is 25.5 Å². The summed E-state index contributed by atoms with van der Waals surface area (Å²) < 4.78 is 0. The summed E-state index contributed by atoms with van der Waals surface area (Å²) >= 11 is 0. The molecule has 3 N–H and O–H groups in total. The molecule has 0 saturated carbocycles. The second-order valence-electron chi connectivity index (χ2n) is 4.31. The molecule has 0 bridgehead atoms. The van der Waals surface area contributed by atoms with Crippen molar-refractivity contribution < 1.29 is 4.92 Å². The number of aromatic nitrogens is 4. The van der Waals surface area contributed by atoms with E-state index >= 15 is 0 Å². The Morgan fingerprint density at radius 2 is 2.24 bits per heavy atom. The molecule has 0 aliphatic rings. The fraction of sp³-hybridized carbons (Fsp3) is 0.0833. The fourth-order valence-electron chi connectivity index (χ4n) is 1.97. The van der Waals surface area contributed by atoms with E-state index in [1.165, 1.54) is 18.5 Å². The number of nitro groups is 1. The molecule has 0 unspecified atom stereocenters. The van der Waals surface area contributed by atoms with Gasteiger partial charge in [0.15, 0.2) is 0 Å². The molecule has 0 spiro atoms. The number of H-pyrrole nitrogens is 2. The molecule has 2 aromatic heterocycles. The lowest BCUT2D eigenvalue weighted by Crippen LogP contribution is -2.09. The van der Waals surface area contributed by atoms with Crippen molar-refractivity contribution in [2.75, 3.05) is 5.32 Å². The molecule has 0 amide bonds. The van der Waals surface area contributed by atoms with Crippen molar-refractivity contribution in [1.82, 2.24) is 20.2 Å². The first-order chi connectivity index (χ1) is 10.1. The van der Waals surface area contributed by atoms with Crippen LogP contribution in [0.5, 0.6) is 0 Å². The van der Waals surface area contributed by atoms with Gasteiger partial charge in [-0.25, -0.2) is 4.98 Å². The summed E-state index contributed by atoms with van der Waals surface area (Å²) in [6.07, 6.45) is 2.85. The van der Waals surface area contributed by atoms with Crippen molar-refractivity contribution in [3.05, 3.63) is 56.9 Å². The molecule has 0 saturated heterocycles. The Labute approximate surface area is 117 Å². The molecule has 106 valence electrons. The van der Waals surface area contributed by atoms with Crippen molar-refractivity contribution in [2.24, 2.45) is 0 Å². The SMILES string of the molecule is O=c1[nH]cnc2cc(NCc3ccn[nH]3)c([N+](=O)[O-])cc12. The van der Waals surface area contributed by atoms with Crippen molar-refractivity contribution in [3.8, 4) is 0 Å². The summed E-state index contributed by atoms with van der Waals surface area (Å²) in [5.74, 6) is 0. The highest BCUT2D eigenvalue weighted by molar-refractivity contribution is 5.86. The van der Waals surface area contributed by atoms with Crippen LogP contribution in [-0.4, -0.2) is 25.1 Å². The highest BCUT2D eigenvalue weighted by Gasteiger charge is 2.17. The minimum Gasteiger partial charge on any atom is -0.374 e. The van der Waals surface area contributed by atoms with Gasteiger partial charge in [0, 0.05) is 12.3 Å². The lowest BCUT2D eigenvalue weighted by Gasteiger charge is -2.07. The zero-order valence-corrected chi connectivity index (χ0v) is 10.7. The van der Waals surface area contributed by atoms with Crippen LogP contribution >= 0.6 is 0 Å². The zero-order chi connectivity index (χ0) is 14.8. The van der Waals surface area contributed by atoms with Gasteiger partial charge in [0.05, 0.1) is 34.4 Å². The largest absolute Gasteiger partial charge is 0.374 e. The summed E-state index contributed by atoms with van der Waals surface area (Å²) in [5.41, 5.74) is 0.864. The molecule has 9 nitrogen and oxygen atoms in total. The van der Waals surface area contributed by atoms with Crippen molar-refractivity contribution in [2.45, 2.75) is 6.54 Å². The van der Waals surface area contributed by atoms with Crippen LogP contribution in [-0.2, 0) is 6.54 Å². The summed E-state index contributed by atoms with van der Waals surface area (Å²) in [7, 11) is 0. The first kappa shape index (κ1) is 12.8. The highest BCUT2D eigenvalue weighted by Crippen LogP contribution is 2.28. The predicted molar refractivity (Wildman–Crippen MR) is 74.9 cm³/mol. The van der Waals surface area contributed by atoms with E-state index in [0.29, 0.717) is 17.7 Å². The summed E-state index contributed by atoms with van der Waals surface area (Å²) in [6, 6.07) is 4.46. The van der Waals surface area contributed by atoms with Crippen molar-refractivity contribution in [1.29, 1.82) is 0 Å². The maximum atomic E-state index is 11.7. The minimum atomic E-state index is -0.541. The molecule has 0 radical (unpaired) electrons. The first-order valence-electron chi connectivity index (χ1n) is 6.03. The number of fused-ring (bicyclic) bond motifs is 1. The molecule has 2 heterocycles. The number of nitrogens with zero attached hydrogens (tertiary/aromatic N) is 3. The van der Waals surface area contributed by atoms with Gasteiger partial charge in [-0.3, -0.25) is 20.0 Å². The molecule has 3 aromatic rings. The van der Waals surface area contributed by atoms with Gasteiger partial charge in [-0.2, -0.15) is 5.10 Å². The number of benzene rings is 1. The third kappa shape index (κ3) is 2.43. The molecule has 21 heavy (non-hydrogen) atoms. The second-order valence-corrected chi connectivity index (χ2v) is 4.31. The number of nitrogens with one attached hydrogen (secondary N) is 3. The Bertz CT molecular complexity index is 855. The third-order valence-electron chi connectivity index (χ3n) is 2.98. The molecule has 9 heteroatoms. The van der Waals surface area contributed by atoms with Gasteiger partial charge in [0.2, 0.25) is 0 Å². The van der Waals surface area contributed by atoms with Gasteiger partial charge < -0.3 is 10.3 Å². The van der Waals surface area contributed by atoms with Gasteiger partial charge in [-0.15, -0.1) is 0 Å². The molecule has 1 aromatic carbocycles. The predicted octanol–water partition coefficient (Wildman–Crippen LogP) is 1.17. The second kappa shape index (κ2) is 5.04. The smallest absolute Gasteiger partial charge is 0.293 e. The standard InChI is InChI=1S/C12H10N6O3/c19-12-8-3-11(18(20)21)10(4-9(8)14-6-15-12)13-5-7-1-2-16-17-7/h1-4,6,13H,5H2,(H,16,17)(H,14,15,19). The van der Waals surface area contributed by atoms with E-state index in [4.69, 9.17) is 0 Å². The van der Waals surface area contributed by atoms with Crippen LogP contribution in [0, 0.1) is 10.1 Å². The monoisotopic (exact) mass is 286 g/mol. The van der Waals surface area contributed by atoms with Gasteiger partial charge in [-0.05, 0) is 12.1 Å². The van der Waals surface area contributed by atoms with E-state index in [9.17, 15) is 14.9 Å². The number of hydrogen-bond acceptors (Lipinski definition) is 6. The average molecular weight is 286 g/mol. The van der Waals surface area contributed by atoms with Crippen LogP contribution in [0.4, 0.5) is 11.4 Å². The quantitative estimate of drug-likeness (QED) is 0.487. The summed E-state index contributed by atoms with van der Waals surface area (Å²) in [6.45, 7) is 0.343. The number of aromatic amines is 2. The number of rotatable bonds is 4. The molecule has 3 rings (SSSR count). The van der Waals surface area contributed by atoms with E-state index < -0.39 is 10.5 Å². The first-order valence-corrected chi connectivity index (χ1v) is 6.03. The van der Waals surface area contributed by atoms with Crippen LogP contribution in [0.25, 0.3) is 10.9 Å². The van der Waals surface area contributed by atoms with Gasteiger partial charge in [-0.1, -0.05) is 0 Å². The lowest BCUT2D eigenvalue weighted by molar-refractivity contribution is -0.383. The maximum Gasteiger partial charge on any atom is 0.293 e. The third-order valence-corrected chi connectivity index (χ3v) is 2.98. The minimum absolute atomic E-state index is 0.177. The van der Waals surface area contributed by atoms with E-state index in [1.807, 2.05) is 0 Å². The number of hydrogen-bond donors (Lipinski definition) is 3. The Balaban J connectivity index is 2.05. The van der Waals surface area contributed by atoms with Gasteiger partial charge in [0.1, 0.15) is 5.69 Å². The van der Waals surface area contributed by atoms with Crippen LogP contribution in [0.1, 0.15) is 5.69 Å². The Kier molecular flexibility index (Phi) is 3.07. The summed E-state index contributed by atoms with van der Waals surface area (Å²) in [5, 5.41) is 20.8. The molecular formula is C12H10N6O3. The normalized spacial score (nSPS) is 10.7. The van der Waals surface area contributed by atoms with Crippen LogP contribution in [0.3, 0.4) is 0 Å². The van der Waals surface area contributed by atoms with Gasteiger partial charge in [0.25, 0.3) is 11.2 Å². The highest BCUT2D eigenvalue weighted by atomic mass is 16.6. The average Bonchev–Trinajstić information content (AvgIpc) is 2.97. The topological polar surface area (TPSA) is 130 Å². The summed E-state index contributed by atoms with van der Waals surface area (Å²) in [4.78, 5) is 28.7. The number of anilines is 1. The fourth-order valence-corrected chi connectivity index (χ4v) is 1.97. The van der Waals surface area contributed by atoms with Crippen LogP contribution < -0.4 is 10.9 Å². The molecular weight excluding hydrogens is 276 g/mol. The Hall–Kier alpha value is -3.23. The lowest BCUT2D eigenvalue weighted by atomic mass is 10.2. The molecule has 0 fully saturated rings. The Morgan fingerprint density at radius 1 is 1.38 bits per heavy atom. The van der Waals surface area contributed by atoms with E-state index in [1.54, 1.807) is 12.3 Å². The molecule has 0 aliphatic heterocycles. The molecule has 0 atom stereocenters.